The van der Waals surface area contributed by atoms with Crippen molar-refractivity contribution in [2.45, 2.75) is 39.5 Å². The van der Waals surface area contributed by atoms with Gasteiger partial charge in [-0.2, -0.15) is 0 Å². The van der Waals surface area contributed by atoms with Crippen LogP contribution in [0.25, 0.3) is 11.1 Å². The van der Waals surface area contributed by atoms with Gasteiger partial charge < -0.3 is 28.4 Å². The van der Waals surface area contributed by atoms with Crippen molar-refractivity contribution in [3.8, 4) is 28.4 Å². The van der Waals surface area contributed by atoms with Gasteiger partial charge >= 0.3 is 29.8 Å². The molecular formula is C43H42O11. The molecule has 0 aliphatic rings. The number of hydrogen-bond acceptors (Lipinski definition) is 11. The molecule has 280 valence electrons. The Morgan fingerprint density at radius 2 is 0.759 bits per heavy atom. The Kier molecular flexibility index (Phi) is 15.3. The highest BCUT2D eigenvalue weighted by Gasteiger charge is 2.13. The molecule has 0 saturated heterocycles. The fourth-order valence-electron chi connectivity index (χ4n) is 4.62. The Balaban J connectivity index is 1.17. The first-order chi connectivity index (χ1) is 26.0. The lowest BCUT2D eigenvalue weighted by molar-refractivity contribution is -0.140. The third-order valence-electron chi connectivity index (χ3n) is 7.65. The van der Waals surface area contributed by atoms with Crippen LogP contribution in [0.2, 0.25) is 0 Å². The molecule has 0 N–H and O–H groups in total. The molecular weight excluding hydrogens is 692 g/mol. The van der Waals surface area contributed by atoms with E-state index in [1.165, 1.54) is 24.3 Å². The lowest BCUT2D eigenvalue weighted by Gasteiger charge is -2.09. The third kappa shape index (κ3) is 12.9. The molecule has 54 heavy (non-hydrogen) atoms. The standard InChI is InChI=1S/C43H42O11/c1-29(2)39(44)50-26-6-5-25-49-36-19-15-34(16-20-36)42(47)54-38-23-17-35(18-24-38)43(48)53-37-21-13-32(14-22-37)31-9-11-33(12-10-31)41(46)52-28-8-7-27-51-40(45)30(3)4/h9-24H,1,3,5-8,25-28H2,2,4H3. The molecule has 11 heteroatoms. The highest BCUT2D eigenvalue weighted by atomic mass is 16.5. The van der Waals surface area contributed by atoms with Crippen LogP contribution in [0.5, 0.6) is 17.2 Å². The van der Waals surface area contributed by atoms with Crippen molar-refractivity contribution in [3.63, 3.8) is 0 Å². The van der Waals surface area contributed by atoms with Gasteiger partial charge in [0.2, 0.25) is 0 Å². The van der Waals surface area contributed by atoms with E-state index in [9.17, 15) is 24.0 Å². The predicted octanol–water partition coefficient (Wildman–Crippen LogP) is 8.13. The predicted molar refractivity (Wildman–Crippen MR) is 200 cm³/mol. The van der Waals surface area contributed by atoms with Crippen LogP contribution in [-0.4, -0.2) is 56.3 Å². The topological polar surface area (TPSA) is 141 Å². The van der Waals surface area contributed by atoms with Crippen molar-refractivity contribution in [1.29, 1.82) is 0 Å². The van der Waals surface area contributed by atoms with Crippen LogP contribution in [0.3, 0.4) is 0 Å². The van der Waals surface area contributed by atoms with Gasteiger partial charge in [-0.25, -0.2) is 24.0 Å². The highest BCUT2D eigenvalue weighted by molar-refractivity contribution is 5.93. The average Bonchev–Trinajstić information content (AvgIpc) is 3.18. The van der Waals surface area contributed by atoms with Gasteiger partial charge in [0.25, 0.3) is 0 Å². The Bertz CT molecular complexity index is 1930. The van der Waals surface area contributed by atoms with E-state index < -0.39 is 29.8 Å². The van der Waals surface area contributed by atoms with Crippen LogP contribution in [0.1, 0.15) is 70.6 Å². The molecule has 0 radical (unpaired) electrons. The van der Waals surface area contributed by atoms with E-state index in [0.717, 1.165) is 11.1 Å². The number of hydrogen-bond donors (Lipinski definition) is 0. The second-order valence-corrected chi connectivity index (χ2v) is 12.2. The van der Waals surface area contributed by atoms with Crippen molar-refractivity contribution in [3.05, 3.63) is 138 Å². The van der Waals surface area contributed by atoms with Gasteiger partial charge in [0, 0.05) is 11.1 Å². The largest absolute Gasteiger partial charge is 0.494 e. The van der Waals surface area contributed by atoms with Gasteiger partial charge in [0.05, 0.1) is 43.1 Å². The summed E-state index contributed by atoms with van der Waals surface area (Å²) in [5, 5.41) is 0. The van der Waals surface area contributed by atoms with Gasteiger partial charge in [-0.1, -0.05) is 37.4 Å². The molecule has 0 atom stereocenters. The number of unbranched alkanes of at least 4 members (excludes halogenated alkanes) is 2. The second-order valence-electron chi connectivity index (χ2n) is 12.2. The average molecular weight is 735 g/mol. The summed E-state index contributed by atoms with van der Waals surface area (Å²) in [5.41, 5.74) is 3.40. The maximum atomic E-state index is 12.8. The minimum absolute atomic E-state index is 0.206. The molecule has 0 aromatic heterocycles. The molecule has 0 spiro atoms. The normalized spacial score (nSPS) is 10.4. The summed E-state index contributed by atoms with van der Waals surface area (Å²) in [4.78, 5) is 60.6. The fourth-order valence-corrected chi connectivity index (χ4v) is 4.62. The van der Waals surface area contributed by atoms with E-state index in [1.54, 1.807) is 86.6 Å². The summed E-state index contributed by atoms with van der Waals surface area (Å²) in [6.07, 6.45) is 2.46. The summed E-state index contributed by atoms with van der Waals surface area (Å²) in [6.45, 7) is 11.4. The molecule has 4 aromatic rings. The molecule has 0 aliphatic carbocycles. The summed E-state index contributed by atoms with van der Waals surface area (Å²) in [6, 6.07) is 26.4. The summed E-state index contributed by atoms with van der Waals surface area (Å²) in [5.74, 6) is -1.27. The Morgan fingerprint density at radius 1 is 0.426 bits per heavy atom. The van der Waals surface area contributed by atoms with E-state index in [-0.39, 0.29) is 24.5 Å². The van der Waals surface area contributed by atoms with Crippen LogP contribution in [0.15, 0.2) is 121 Å². The minimum atomic E-state index is -0.583. The Hall–Kier alpha value is -6.49. The van der Waals surface area contributed by atoms with Crippen molar-refractivity contribution in [1.82, 2.24) is 0 Å². The molecule has 0 bridgehead atoms. The third-order valence-corrected chi connectivity index (χ3v) is 7.65. The fraction of sp³-hybridized carbons (Fsp3) is 0.233. The smallest absolute Gasteiger partial charge is 0.343 e. The molecule has 0 unspecified atom stereocenters. The van der Waals surface area contributed by atoms with E-state index in [1.807, 2.05) is 0 Å². The number of carbonyl (C=O) groups excluding carboxylic acids is 5. The zero-order valence-corrected chi connectivity index (χ0v) is 30.3. The molecule has 0 saturated carbocycles. The summed E-state index contributed by atoms with van der Waals surface area (Å²) in [7, 11) is 0. The molecule has 11 nitrogen and oxygen atoms in total. The van der Waals surface area contributed by atoms with Crippen LogP contribution in [-0.2, 0) is 23.8 Å². The molecule has 4 rings (SSSR count). The van der Waals surface area contributed by atoms with E-state index >= 15 is 0 Å². The van der Waals surface area contributed by atoms with Gasteiger partial charge in [0.1, 0.15) is 17.2 Å². The lowest BCUT2D eigenvalue weighted by Crippen LogP contribution is -2.10. The van der Waals surface area contributed by atoms with E-state index in [2.05, 4.69) is 13.2 Å². The zero-order valence-electron chi connectivity index (χ0n) is 30.3. The first kappa shape index (κ1) is 40.3. The monoisotopic (exact) mass is 734 g/mol. The maximum absolute atomic E-state index is 12.8. The molecule has 0 amide bonds. The van der Waals surface area contributed by atoms with Crippen molar-refractivity contribution >= 4 is 29.8 Å². The first-order valence-electron chi connectivity index (χ1n) is 17.3. The summed E-state index contributed by atoms with van der Waals surface area (Å²) < 4.78 is 32.0. The Labute approximate surface area is 314 Å². The minimum Gasteiger partial charge on any atom is -0.494 e. The SMILES string of the molecule is C=C(C)C(=O)OCCCCOC(=O)c1ccc(-c2ccc(OC(=O)c3ccc(OC(=O)c4ccc(OCCCCOC(=O)C(=C)C)cc4)cc3)cc2)cc1. The Morgan fingerprint density at radius 3 is 1.20 bits per heavy atom. The number of rotatable bonds is 19. The molecule has 0 aliphatic heterocycles. The number of benzene rings is 4. The molecule has 0 heterocycles. The van der Waals surface area contributed by atoms with Crippen molar-refractivity contribution in [2.24, 2.45) is 0 Å². The van der Waals surface area contributed by atoms with E-state index in [4.69, 9.17) is 28.4 Å². The van der Waals surface area contributed by atoms with Crippen LogP contribution < -0.4 is 14.2 Å². The van der Waals surface area contributed by atoms with Crippen LogP contribution >= 0.6 is 0 Å². The van der Waals surface area contributed by atoms with Crippen molar-refractivity contribution in [2.75, 3.05) is 26.4 Å². The van der Waals surface area contributed by atoms with Crippen LogP contribution in [0.4, 0.5) is 0 Å². The zero-order chi connectivity index (χ0) is 38.9. The maximum Gasteiger partial charge on any atom is 0.343 e. The number of esters is 5. The van der Waals surface area contributed by atoms with Crippen molar-refractivity contribution < 1.29 is 52.4 Å². The lowest BCUT2D eigenvalue weighted by atomic mass is 10.0. The molecule has 0 fully saturated rings. The van der Waals surface area contributed by atoms with Gasteiger partial charge in [0.15, 0.2) is 0 Å². The van der Waals surface area contributed by atoms with Gasteiger partial charge in [-0.05, 0) is 123 Å². The van der Waals surface area contributed by atoms with Gasteiger partial charge in [-0.3, -0.25) is 0 Å². The summed E-state index contributed by atoms with van der Waals surface area (Å²) >= 11 is 0. The van der Waals surface area contributed by atoms with Crippen LogP contribution in [0, 0.1) is 0 Å². The second kappa shape index (κ2) is 20.5. The number of ether oxygens (including phenoxy) is 6. The molecule has 4 aromatic carbocycles. The van der Waals surface area contributed by atoms with Gasteiger partial charge in [-0.15, -0.1) is 0 Å². The first-order valence-corrected chi connectivity index (χ1v) is 17.3. The number of carbonyl (C=O) groups is 5. The quantitative estimate of drug-likeness (QED) is 0.0303. The highest BCUT2D eigenvalue weighted by Crippen LogP contribution is 2.24. The van der Waals surface area contributed by atoms with E-state index in [0.29, 0.717) is 72.7 Å².